The largest absolute Gasteiger partial charge is 0.460 e. The minimum atomic E-state index is 0.638. The molecule has 1 aliphatic rings. The second-order valence-electron chi connectivity index (χ2n) is 9.29. The summed E-state index contributed by atoms with van der Waals surface area (Å²) in [5, 5.41) is 1.12. The molecule has 0 spiro atoms. The fourth-order valence-corrected chi connectivity index (χ4v) is 5.51. The molecule has 0 N–H and O–H groups in total. The Bertz CT molecular complexity index is 1770. The van der Waals surface area contributed by atoms with Crippen LogP contribution in [0.15, 0.2) is 112 Å². The third-order valence-corrected chi connectivity index (χ3v) is 7.50. The number of fused-ring (bicyclic) bond motifs is 3. The predicted octanol–water partition coefficient (Wildman–Crippen LogP) is 8.97. The number of rotatable bonds is 4. The van der Waals surface area contributed by atoms with Crippen molar-refractivity contribution in [1.82, 2.24) is 15.0 Å². The van der Waals surface area contributed by atoms with E-state index in [0.717, 1.165) is 63.0 Å². The summed E-state index contributed by atoms with van der Waals surface area (Å²) in [5.74, 6) is 2.97. The van der Waals surface area contributed by atoms with Crippen LogP contribution in [0.1, 0.15) is 17.7 Å². The number of aromatic nitrogens is 3. The van der Waals surface area contributed by atoms with Gasteiger partial charge in [0.15, 0.2) is 17.5 Å². The lowest BCUT2D eigenvalue weighted by molar-refractivity contribution is 0.546. The predicted molar refractivity (Wildman–Crippen MR) is 157 cm³/mol. The first kappa shape index (κ1) is 22.8. The van der Waals surface area contributed by atoms with Gasteiger partial charge in [0.2, 0.25) is 0 Å². The van der Waals surface area contributed by atoms with Crippen LogP contribution in [-0.2, 0) is 6.42 Å². The standard InChI is InChI=1S/C33H22BrN3O/c34-23-18-19-28-27(20-23)30-25(16-9-17-29(30)38-28)24-14-7-8-15-26(24)33-36-31(21-10-3-1-4-11-21)35-32(37-33)22-12-5-2-6-13-22/h1-17,20H,18-19H2. The molecular weight excluding hydrogens is 534 g/mol. The van der Waals surface area contributed by atoms with Crippen molar-refractivity contribution in [3.8, 4) is 45.3 Å². The van der Waals surface area contributed by atoms with Gasteiger partial charge in [-0.15, -0.1) is 0 Å². The second kappa shape index (κ2) is 9.51. The van der Waals surface area contributed by atoms with Gasteiger partial charge in [0, 0.05) is 34.1 Å². The van der Waals surface area contributed by atoms with Crippen molar-refractivity contribution in [1.29, 1.82) is 0 Å². The van der Waals surface area contributed by atoms with Gasteiger partial charge >= 0.3 is 0 Å². The molecule has 0 bridgehead atoms. The normalized spacial score (nSPS) is 12.8. The zero-order valence-corrected chi connectivity index (χ0v) is 22.0. The van der Waals surface area contributed by atoms with Crippen LogP contribution < -0.4 is 0 Å². The van der Waals surface area contributed by atoms with Crippen LogP contribution in [0, 0.1) is 0 Å². The Hall–Kier alpha value is -4.35. The van der Waals surface area contributed by atoms with E-state index in [-0.39, 0.29) is 0 Å². The molecule has 0 atom stereocenters. The van der Waals surface area contributed by atoms with Crippen molar-refractivity contribution in [2.75, 3.05) is 0 Å². The smallest absolute Gasteiger partial charge is 0.164 e. The number of furan rings is 1. The highest BCUT2D eigenvalue weighted by Gasteiger charge is 2.22. The molecule has 182 valence electrons. The summed E-state index contributed by atoms with van der Waals surface area (Å²) in [6, 6.07) is 34.7. The highest BCUT2D eigenvalue weighted by molar-refractivity contribution is 9.11. The van der Waals surface area contributed by atoms with Crippen molar-refractivity contribution >= 4 is 33.0 Å². The van der Waals surface area contributed by atoms with E-state index < -0.39 is 0 Å². The first-order valence-corrected chi connectivity index (χ1v) is 13.4. The van der Waals surface area contributed by atoms with Gasteiger partial charge in [0.25, 0.3) is 0 Å². The van der Waals surface area contributed by atoms with Crippen molar-refractivity contribution in [3.63, 3.8) is 0 Å². The number of aryl methyl sites for hydroxylation is 1. The Morgan fingerprint density at radius 1 is 0.553 bits per heavy atom. The topological polar surface area (TPSA) is 51.8 Å². The van der Waals surface area contributed by atoms with Crippen molar-refractivity contribution in [2.24, 2.45) is 0 Å². The second-order valence-corrected chi connectivity index (χ2v) is 10.3. The van der Waals surface area contributed by atoms with Crippen LogP contribution in [0.4, 0.5) is 0 Å². The molecule has 0 fully saturated rings. The number of nitrogens with zero attached hydrogens (tertiary/aromatic N) is 3. The summed E-state index contributed by atoms with van der Waals surface area (Å²) in [7, 11) is 0. The SMILES string of the molecule is BrC1=Cc2c(oc3cccc(-c4ccccc4-c4nc(-c5ccccc5)nc(-c5ccccc5)n4)c23)CC1. The Morgan fingerprint density at radius 3 is 1.82 bits per heavy atom. The van der Waals surface area contributed by atoms with Crippen LogP contribution >= 0.6 is 15.9 Å². The Kier molecular flexibility index (Phi) is 5.71. The molecule has 6 aromatic rings. The molecule has 0 saturated carbocycles. The molecule has 0 radical (unpaired) electrons. The lowest BCUT2D eigenvalue weighted by atomic mass is 9.92. The lowest BCUT2D eigenvalue weighted by Crippen LogP contribution is -2.01. The summed E-state index contributed by atoms with van der Waals surface area (Å²) in [5.41, 5.74) is 7.05. The first-order chi connectivity index (χ1) is 18.7. The molecule has 4 nitrogen and oxygen atoms in total. The highest BCUT2D eigenvalue weighted by atomic mass is 79.9. The van der Waals surface area contributed by atoms with Crippen molar-refractivity contribution < 1.29 is 4.42 Å². The molecule has 2 heterocycles. The maximum absolute atomic E-state index is 6.29. The first-order valence-electron chi connectivity index (χ1n) is 12.6. The van der Waals surface area contributed by atoms with Gasteiger partial charge in [0.05, 0.1) is 0 Å². The number of hydrogen-bond donors (Lipinski definition) is 0. The molecule has 38 heavy (non-hydrogen) atoms. The third-order valence-electron chi connectivity index (χ3n) is 6.88. The van der Waals surface area contributed by atoms with E-state index in [1.165, 1.54) is 4.48 Å². The minimum absolute atomic E-state index is 0.638. The number of allylic oxidation sites excluding steroid dienone is 1. The van der Waals surface area contributed by atoms with Gasteiger partial charge in [-0.3, -0.25) is 0 Å². The van der Waals surface area contributed by atoms with E-state index in [4.69, 9.17) is 19.4 Å². The zero-order chi connectivity index (χ0) is 25.5. The monoisotopic (exact) mass is 555 g/mol. The van der Waals surface area contributed by atoms with Gasteiger partial charge in [-0.2, -0.15) is 0 Å². The molecule has 0 amide bonds. The Morgan fingerprint density at radius 2 is 1.13 bits per heavy atom. The van der Waals surface area contributed by atoms with E-state index in [0.29, 0.717) is 17.5 Å². The Labute approximate surface area is 228 Å². The molecule has 5 heteroatoms. The summed E-state index contributed by atoms with van der Waals surface area (Å²) >= 11 is 3.71. The fraction of sp³-hybridized carbons (Fsp3) is 0.0606. The number of hydrogen-bond acceptors (Lipinski definition) is 4. The van der Waals surface area contributed by atoms with Gasteiger partial charge in [0.1, 0.15) is 11.3 Å². The van der Waals surface area contributed by atoms with Crippen LogP contribution in [0.5, 0.6) is 0 Å². The summed E-state index contributed by atoms with van der Waals surface area (Å²) < 4.78 is 7.48. The van der Waals surface area contributed by atoms with E-state index in [1.54, 1.807) is 0 Å². The van der Waals surface area contributed by atoms with Crippen molar-refractivity contribution in [2.45, 2.75) is 12.8 Å². The minimum Gasteiger partial charge on any atom is -0.460 e. The van der Waals surface area contributed by atoms with Crippen LogP contribution in [-0.4, -0.2) is 15.0 Å². The summed E-state index contributed by atoms with van der Waals surface area (Å²) in [6.07, 6.45) is 4.03. The van der Waals surface area contributed by atoms with Crippen LogP contribution in [0.25, 0.3) is 62.3 Å². The van der Waals surface area contributed by atoms with Crippen molar-refractivity contribution in [3.05, 3.63) is 119 Å². The average molecular weight is 556 g/mol. The molecule has 2 aromatic heterocycles. The third kappa shape index (κ3) is 4.05. The van der Waals surface area contributed by atoms with E-state index >= 15 is 0 Å². The molecule has 0 saturated heterocycles. The van der Waals surface area contributed by atoms with Gasteiger partial charge in [-0.1, -0.05) is 113 Å². The van der Waals surface area contributed by atoms with E-state index in [9.17, 15) is 0 Å². The number of halogens is 1. The molecule has 1 aliphatic carbocycles. The maximum atomic E-state index is 6.29. The quantitative estimate of drug-likeness (QED) is 0.218. The van der Waals surface area contributed by atoms with Gasteiger partial charge in [-0.05, 0) is 34.2 Å². The highest BCUT2D eigenvalue weighted by Crippen LogP contribution is 2.42. The lowest BCUT2D eigenvalue weighted by Gasteiger charge is -2.13. The average Bonchev–Trinajstić information content (AvgIpc) is 3.36. The molecular formula is C33H22BrN3O. The van der Waals surface area contributed by atoms with Crippen LogP contribution in [0.2, 0.25) is 0 Å². The van der Waals surface area contributed by atoms with Gasteiger partial charge < -0.3 is 4.42 Å². The molecule has 7 rings (SSSR count). The molecule has 4 aromatic carbocycles. The maximum Gasteiger partial charge on any atom is 0.164 e. The fourth-order valence-electron chi connectivity index (χ4n) is 5.09. The summed E-state index contributed by atoms with van der Waals surface area (Å²) in [6.45, 7) is 0. The van der Waals surface area contributed by atoms with Gasteiger partial charge in [-0.25, -0.2) is 15.0 Å². The molecule has 0 aliphatic heterocycles. The summed E-state index contributed by atoms with van der Waals surface area (Å²) in [4.78, 5) is 14.8. The molecule has 0 unspecified atom stereocenters. The number of benzene rings is 4. The van der Waals surface area contributed by atoms with E-state index in [2.05, 4.69) is 52.3 Å². The Balaban J connectivity index is 1.47. The van der Waals surface area contributed by atoms with Crippen LogP contribution in [0.3, 0.4) is 0 Å². The van der Waals surface area contributed by atoms with E-state index in [1.807, 2.05) is 72.8 Å². The zero-order valence-electron chi connectivity index (χ0n) is 20.4.